The SMILES string of the molecule is CCOC(=O)C1=NOC(C(=O)O)C1. The fraction of sp³-hybridized carbons (Fsp3) is 0.571. The van der Waals surface area contributed by atoms with Gasteiger partial charge >= 0.3 is 11.9 Å². The summed E-state index contributed by atoms with van der Waals surface area (Å²) < 4.78 is 4.61. The van der Waals surface area contributed by atoms with Crippen LogP contribution in [0.1, 0.15) is 13.3 Å². The van der Waals surface area contributed by atoms with E-state index in [2.05, 4.69) is 14.7 Å². The number of rotatable bonds is 3. The molecule has 1 aliphatic heterocycles. The van der Waals surface area contributed by atoms with Crippen LogP contribution in [0.2, 0.25) is 0 Å². The minimum Gasteiger partial charge on any atom is -0.478 e. The number of carbonyl (C=O) groups excluding carboxylic acids is 1. The van der Waals surface area contributed by atoms with Crippen molar-refractivity contribution >= 4 is 17.7 Å². The Labute approximate surface area is 74.1 Å². The summed E-state index contributed by atoms with van der Waals surface area (Å²) in [5, 5.41) is 11.8. The molecule has 6 nitrogen and oxygen atoms in total. The Kier molecular flexibility index (Phi) is 2.84. The van der Waals surface area contributed by atoms with Crippen LogP contribution >= 0.6 is 0 Å². The van der Waals surface area contributed by atoms with Gasteiger partial charge in [0, 0.05) is 0 Å². The number of oxime groups is 1. The third-order valence-electron chi connectivity index (χ3n) is 1.46. The predicted molar refractivity (Wildman–Crippen MR) is 41.2 cm³/mol. The lowest BCUT2D eigenvalue weighted by molar-refractivity contribution is -0.148. The van der Waals surface area contributed by atoms with Gasteiger partial charge in [-0.3, -0.25) is 0 Å². The molecule has 72 valence electrons. The van der Waals surface area contributed by atoms with Crippen molar-refractivity contribution in [3.05, 3.63) is 0 Å². The normalized spacial score (nSPS) is 20.4. The first-order valence-electron chi connectivity index (χ1n) is 3.77. The fourth-order valence-electron chi connectivity index (χ4n) is 0.845. The molecule has 1 N–H and O–H groups in total. The van der Waals surface area contributed by atoms with E-state index in [-0.39, 0.29) is 18.7 Å². The molecule has 0 bridgehead atoms. The standard InChI is InChI=1S/C7H9NO5/c1-2-12-7(11)4-3-5(6(9)10)13-8-4/h5H,2-3H2,1H3,(H,9,10). The van der Waals surface area contributed by atoms with E-state index in [0.717, 1.165) is 0 Å². The van der Waals surface area contributed by atoms with Crippen molar-refractivity contribution in [3.8, 4) is 0 Å². The number of hydrogen-bond donors (Lipinski definition) is 1. The van der Waals surface area contributed by atoms with Gasteiger partial charge in [-0.1, -0.05) is 5.16 Å². The molecule has 1 unspecified atom stereocenters. The van der Waals surface area contributed by atoms with Crippen molar-refractivity contribution in [2.45, 2.75) is 19.4 Å². The number of carboxylic acid groups (broad SMARTS) is 1. The molecule has 0 aromatic carbocycles. The minimum atomic E-state index is -1.14. The van der Waals surface area contributed by atoms with Crippen molar-refractivity contribution in [1.82, 2.24) is 0 Å². The lowest BCUT2D eigenvalue weighted by atomic mass is 10.2. The topological polar surface area (TPSA) is 85.2 Å². The van der Waals surface area contributed by atoms with Gasteiger partial charge in [-0.25, -0.2) is 9.59 Å². The summed E-state index contributed by atoms with van der Waals surface area (Å²) in [5.41, 5.74) is 0.0225. The van der Waals surface area contributed by atoms with E-state index in [4.69, 9.17) is 5.11 Å². The smallest absolute Gasteiger partial charge is 0.356 e. The van der Waals surface area contributed by atoms with Gasteiger partial charge in [0.05, 0.1) is 13.0 Å². The lowest BCUT2D eigenvalue weighted by Gasteiger charge is -1.99. The summed E-state index contributed by atoms with van der Waals surface area (Å²) in [6, 6.07) is 0. The molecule has 0 amide bonds. The Bertz CT molecular complexity index is 260. The molecule has 13 heavy (non-hydrogen) atoms. The maximum atomic E-state index is 11.0. The van der Waals surface area contributed by atoms with Crippen LogP contribution in [-0.2, 0) is 19.2 Å². The number of aliphatic carboxylic acids is 1. The van der Waals surface area contributed by atoms with Gasteiger partial charge < -0.3 is 14.7 Å². The first kappa shape index (κ1) is 9.50. The third-order valence-corrected chi connectivity index (χ3v) is 1.46. The zero-order chi connectivity index (χ0) is 9.84. The van der Waals surface area contributed by atoms with Crippen LogP contribution in [0, 0.1) is 0 Å². The van der Waals surface area contributed by atoms with Crippen LogP contribution in [0.4, 0.5) is 0 Å². The average Bonchev–Trinajstić information content (AvgIpc) is 2.52. The molecule has 1 aliphatic rings. The van der Waals surface area contributed by atoms with Crippen molar-refractivity contribution < 1.29 is 24.3 Å². The second-order valence-corrected chi connectivity index (χ2v) is 2.39. The summed E-state index contributed by atoms with van der Waals surface area (Å²) in [7, 11) is 0. The number of hydrogen-bond acceptors (Lipinski definition) is 5. The van der Waals surface area contributed by atoms with Crippen LogP contribution in [0.3, 0.4) is 0 Å². The second kappa shape index (κ2) is 3.88. The van der Waals surface area contributed by atoms with Crippen LogP contribution in [0.15, 0.2) is 5.16 Å². The van der Waals surface area contributed by atoms with Crippen molar-refractivity contribution in [3.63, 3.8) is 0 Å². The van der Waals surface area contributed by atoms with Crippen molar-refractivity contribution in [1.29, 1.82) is 0 Å². The Morgan fingerprint density at radius 3 is 2.92 bits per heavy atom. The van der Waals surface area contributed by atoms with E-state index >= 15 is 0 Å². The first-order chi connectivity index (χ1) is 6.15. The van der Waals surface area contributed by atoms with Crippen LogP contribution < -0.4 is 0 Å². The summed E-state index contributed by atoms with van der Waals surface area (Å²) >= 11 is 0. The maximum absolute atomic E-state index is 11.0. The van der Waals surface area contributed by atoms with E-state index in [0.29, 0.717) is 0 Å². The van der Waals surface area contributed by atoms with E-state index < -0.39 is 18.0 Å². The average molecular weight is 187 g/mol. The summed E-state index contributed by atoms with van der Waals surface area (Å²) in [6.45, 7) is 1.89. The highest BCUT2D eigenvalue weighted by atomic mass is 16.7. The van der Waals surface area contributed by atoms with Gasteiger partial charge in [-0.15, -0.1) is 0 Å². The second-order valence-electron chi connectivity index (χ2n) is 2.39. The van der Waals surface area contributed by atoms with Crippen LogP contribution in [0.5, 0.6) is 0 Å². The van der Waals surface area contributed by atoms with E-state index in [1.54, 1.807) is 6.92 Å². The van der Waals surface area contributed by atoms with Gasteiger partial charge in [-0.05, 0) is 6.92 Å². The van der Waals surface area contributed by atoms with Crippen molar-refractivity contribution in [2.24, 2.45) is 5.16 Å². The number of ether oxygens (including phenoxy) is 1. The molecular formula is C7H9NO5. The van der Waals surface area contributed by atoms with Gasteiger partial charge in [0.2, 0.25) is 6.10 Å². The zero-order valence-corrected chi connectivity index (χ0v) is 7.02. The number of carbonyl (C=O) groups is 2. The Hall–Kier alpha value is -1.59. The van der Waals surface area contributed by atoms with Crippen LogP contribution in [-0.4, -0.2) is 35.5 Å². The van der Waals surface area contributed by atoms with Crippen molar-refractivity contribution in [2.75, 3.05) is 6.61 Å². The molecule has 6 heteroatoms. The van der Waals surface area contributed by atoms with E-state index in [9.17, 15) is 9.59 Å². The molecule has 0 saturated heterocycles. The summed E-state index contributed by atoms with van der Waals surface area (Å²) in [5.74, 6) is -1.76. The quantitative estimate of drug-likeness (QED) is 0.617. The molecule has 1 atom stereocenters. The predicted octanol–water partition coefficient (Wildman–Crippen LogP) is -0.221. The summed E-state index contributed by atoms with van der Waals surface area (Å²) in [4.78, 5) is 25.8. The Morgan fingerprint density at radius 2 is 2.46 bits per heavy atom. The van der Waals surface area contributed by atoms with Crippen LogP contribution in [0.25, 0.3) is 0 Å². The van der Waals surface area contributed by atoms with Gasteiger partial charge in [0.1, 0.15) is 0 Å². The highest BCUT2D eigenvalue weighted by Crippen LogP contribution is 2.11. The highest BCUT2D eigenvalue weighted by molar-refractivity contribution is 6.37. The van der Waals surface area contributed by atoms with E-state index in [1.807, 2.05) is 0 Å². The fourth-order valence-corrected chi connectivity index (χ4v) is 0.845. The molecule has 0 aliphatic carbocycles. The summed E-state index contributed by atoms with van der Waals surface area (Å²) in [6.07, 6.45) is -1.09. The maximum Gasteiger partial charge on any atom is 0.356 e. The molecule has 1 rings (SSSR count). The molecule has 1 heterocycles. The van der Waals surface area contributed by atoms with Gasteiger partial charge in [0.15, 0.2) is 5.71 Å². The molecule has 0 saturated carbocycles. The molecule has 0 aromatic heterocycles. The highest BCUT2D eigenvalue weighted by Gasteiger charge is 2.31. The third kappa shape index (κ3) is 2.17. The monoisotopic (exact) mass is 187 g/mol. The molecule has 0 spiro atoms. The minimum absolute atomic E-state index is 0.0225. The largest absolute Gasteiger partial charge is 0.478 e. The Balaban J connectivity index is 2.48. The number of esters is 1. The molecule has 0 radical (unpaired) electrons. The first-order valence-corrected chi connectivity index (χ1v) is 3.77. The van der Waals surface area contributed by atoms with Gasteiger partial charge in [-0.2, -0.15) is 0 Å². The number of nitrogens with zero attached hydrogens (tertiary/aromatic N) is 1. The number of carboxylic acids is 1. The molecule has 0 fully saturated rings. The molecule has 0 aromatic rings. The zero-order valence-electron chi connectivity index (χ0n) is 7.02. The Morgan fingerprint density at radius 1 is 1.77 bits per heavy atom. The van der Waals surface area contributed by atoms with E-state index in [1.165, 1.54) is 0 Å². The lowest BCUT2D eigenvalue weighted by Crippen LogP contribution is -2.23. The van der Waals surface area contributed by atoms with Gasteiger partial charge in [0.25, 0.3) is 0 Å². The molecular weight excluding hydrogens is 178 g/mol.